The van der Waals surface area contributed by atoms with Crippen LogP contribution in [0.5, 0.6) is 0 Å². The van der Waals surface area contributed by atoms with Crippen molar-refractivity contribution in [1.29, 1.82) is 0 Å². The summed E-state index contributed by atoms with van der Waals surface area (Å²) < 4.78 is 0. The Labute approximate surface area is 356 Å². The summed E-state index contributed by atoms with van der Waals surface area (Å²) in [6.45, 7) is 11.5. The van der Waals surface area contributed by atoms with Crippen molar-refractivity contribution >= 4 is 72.6 Å². The molecule has 0 unspecified atom stereocenters. The molecule has 284 valence electrons. The first-order chi connectivity index (χ1) is 28.5. The second-order valence-electron chi connectivity index (χ2n) is 17.1. The molecule has 0 saturated heterocycles. The molecule has 0 saturated carbocycles. The second-order valence-corrected chi connectivity index (χ2v) is 17.6. The summed E-state index contributed by atoms with van der Waals surface area (Å²) >= 11 is 4.57. The van der Waals surface area contributed by atoms with E-state index in [4.69, 9.17) is 0 Å². The largest absolute Gasteiger partial charge is 0.355 e. The van der Waals surface area contributed by atoms with Crippen molar-refractivity contribution in [1.82, 2.24) is 0 Å². The number of hydrogen-bond acceptors (Lipinski definition) is 3. The Kier molecular flexibility index (Phi) is 8.99. The van der Waals surface area contributed by atoms with Gasteiger partial charge in [0.15, 0.2) is 7.28 Å². The molecule has 0 amide bonds. The first kappa shape index (κ1) is 37.1. The molecule has 0 atom stereocenters. The Morgan fingerprint density at radius 3 is 2.02 bits per heavy atom. The van der Waals surface area contributed by atoms with Crippen LogP contribution in [-0.4, -0.2) is 15.1 Å². The predicted molar refractivity (Wildman–Crippen MR) is 261 cm³/mol. The molecule has 0 bridgehead atoms. The summed E-state index contributed by atoms with van der Waals surface area (Å²) in [4.78, 5) is 3.54. The molecule has 0 radical (unpaired) electrons. The van der Waals surface area contributed by atoms with E-state index in [1.54, 1.807) is 0 Å². The molecule has 0 fully saturated rings. The van der Waals surface area contributed by atoms with Crippen LogP contribution in [0.1, 0.15) is 41.7 Å². The highest BCUT2D eigenvalue weighted by Gasteiger charge is 2.39. The zero-order valence-electron chi connectivity index (χ0n) is 34.6. The van der Waals surface area contributed by atoms with Gasteiger partial charge >= 0.3 is 0 Å². The number of para-hydroxylation sites is 1. The van der Waals surface area contributed by atoms with Gasteiger partial charge in [-0.05, 0) is 136 Å². The average Bonchev–Trinajstić information content (AvgIpc) is 3.45. The summed E-state index contributed by atoms with van der Waals surface area (Å²) in [5, 5.41) is 3.80. The van der Waals surface area contributed by atoms with E-state index < -0.39 is 0 Å². The molecule has 2 nitrogen and oxygen atoms in total. The lowest BCUT2D eigenvalue weighted by molar-refractivity contribution is 0.660. The van der Waals surface area contributed by atoms with Crippen LogP contribution in [0.15, 0.2) is 163 Å². The van der Waals surface area contributed by atoms with Crippen LogP contribution in [0, 0.1) is 20.8 Å². The van der Waals surface area contributed by atoms with Crippen molar-refractivity contribution in [2.75, 3.05) is 10.2 Å². The van der Waals surface area contributed by atoms with E-state index in [9.17, 15) is 0 Å². The van der Waals surface area contributed by atoms with Gasteiger partial charge in [0.25, 0.3) is 0 Å². The monoisotopic (exact) mass is 776 g/mol. The predicted octanol–water partition coefficient (Wildman–Crippen LogP) is 11.4. The molecule has 1 heterocycles. The average molecular weight is 777 g/mol. The quantitative estimate of drug-likeness (QED) is 0.129. The minimum absolute atomic E-state index is 0.138. The van der Waals surface area contributed by atoms with Crippen molar-refractivity contribution in [3.63, 3.8) is 0 Å². The fourth-order valence-corrected chi connectivity index (χ4v) is 10.1. The van der Waals surface area contributed by atoms with E-state index in [2.05, 4.69) is 211 Å². The minimum Gasteiger partial charge on any atom is -0.355 e. The van der Waals surface area contributed by atoms with Crippen molar-refractivity contribution in [2.45, 2.75) is 44.9 Å². The topological polar surface area (TPSA) is 15.3 Å². The maximum absolute atomic E-state index is 4.57. The zero-order chi connectivity index (χ0) is 40.6. The second kappa shape index (κ2) is 14.3. The van der Waals surface area contributed by atoms with Crippen LogP contribution in [0.4, 0.5) is 28.4 Å². The van der Waals surface area contributed by atoms with Gasteiger partial charge in [-0.1, -0.05) is 133 Å². The van der Waals surface area contributed by atoms with Gasteiger partial charge in [0.2, 0.25) is 0 Å². The van der Waals surface area contributed by atoms with Gasteiger partial charge in [-0.2, -0.15) is 0 Å². The molecule has 0 aromatic heterocycles. The maximum Gasteiger partial charge on any atom is 0.198 e. The van der Waals surface area contributed by atoms with Crippen LogP contribution < -0.4 is 26.6 Å². The highest BCUT2D eigenvalue weighted by molar-refractivity contribution is 7.80. The normalized spacial score (nSPS) is 13.2. The maximum atomic E-state index is 4.57. The Morgan fingerprint density at radius 2 is 1.25 bits per heavy atom. The molecular formula is C54H46B2N2S. The van der Waals surface area contributed by atoms with E-state index in [0.717, 1.165) is 23.5 Å². The lowest BCUT2D eigenvalue weighted by Gasteiger charge is -2.38. The Bertz CT molecular complexity index is 2950. The first-order valence-corrected chi connectivity index (χ1v) is 21.1. The summed E-state index contributed by atoms with van der Waals surface area (Å²) in [5.41, 5.74) is 26.1. The van der Waals surface area contributed by atoms with Gasteiger partial charge in [-0.3, -0.25) is 0 Å². The molecule has 1 aliphatic heterocycles. The minimum atomic E-state index is -0.138. The van der Waals surface area contributed by atoms with Crippen LogP contribution in [0.2, 0.25) is 0 Å². The summed E-state index contributed by atoms with van der Waals surface area (Å²) in [5.74, 6) is 0. The van der Waals surface area contributed by atoms with Gasteiger partial charge in [0.05, 0.1) is 5.69 Å². The number of aryl methyl sites for hydroxylation is 3. The van der Waals surface area contributed by atoms with Crippen molar-refractivity contribution in [2.24, 2.45) is 0 Å². The number of benzene rings is 8. The number of nitrogens with zero attached hydrogens (tertiary/aromatic N) is 1. The molecule has 0 spiro atoms. The van der Waals surface area contributed by atoms with E-state index in [0.29, 0.717) is 0 Å². The number of nitrogens with one attached hydrogen (secondary N) is 1. The molecule has 2 aliphatic rings. The van der Waals surface area contributed by atoms with Crippen LogP contribution in [-0.2, 0) is 5.41 Å². The summed E-state index contributed by atoms with van der Waals surface area (Å²) in [6.07, 6.45) is 0. The lowest BCUT2D eigenvalue weighted by atomic mass is 9.57. The number of rotatable bonds is 6. The van der Waals surface area contributed by atoms with Crippen LogP contribution in [0.25, 0.3) is 44.5 Å². The van der Waals surface area contributed by atoms with E-state index >= 15 is 0 Å². The van der Waals surface area contributed by atoms with Gasteiger partial charge in [-0.25, -0.2) is 0 Å². The number of fused-ring (bicyclic) bond motifs is 5. The fourth-order valence-electron chi connectivity index (χ4n) is 9.99. The number of anilines is 5. The van der Waals surface area contributed by atoms with Crippen molar-refractivity contribution in [3.05, 3.63) is 186 Å². The molecule has 5 heteroatoms. The highest BCUT2D eigenvalue weighted by atomic mass is 32.1. The highest BCUT2D eigenvalue weighted by Crippen LogP contribution is 2.52. The first-order valence-electron chi connectivity index (χ1n) is 20.7. The van der Waals surface area contributed by atoms with Crippen LogP contribution >= 0.6 is 12.6 Å². The summed E-state index contributed by atoms with van der Waals surface area (Å²) in [6, 6.07) is 58.6. The van der Waals surface area contributed by atoms with Gasteiger partial charge < -0.3 is 10.2 Å². The Balaban J connectivity index is 1.30. The smallest absolute Gasteiger partial charge is 0.198 e. The standard InChI is InChI=1S/C54H46B2N2S/c1-32-25-33(2)52(34(3)26-32)36-27-44(41-16-10-12-18-48(41)57-38-20-22-39(59)23-21-38)53-51(28-36)58(49-24-19-37(55)29-42(49)35-13-7-6-8-14-35)50-31-46-43(30-47(50)56-53)40-15-9-11-17-45(40)54(46,4)5/h6-31,56-57,59H,55H2,1-5H3. The molecule has 1 aliphatic carbocycles. The molecular weight excluding hydrogens is 730 g/mol. The molecule has 8 aromatic rings. The number of thiol groups is 1. The van der Waals surface area contributed by atoms with Crippen LogP contribution in [0.3, 0.4) is 0 Å². The summed E-state index contributed by atoms with van der Waals surface area (Å²) in [7, 11) is 3.00. The lowest BCUT2D eigenvalue weighted by Crippen LogP contribution is -2.41. The zero-order valence-corrected chi connectivity index (χ0v) is 35.5. The van der Waals surface area contributed by atoms with E-state index in [1.807, 2.05) is 12.1 Å². The Hall–Kier alpha value is -6.16. The third kappa shape index (κ3) is 6.31. The van der Waals surface area contributed by atoms with Crippen molar-refractivity contribution in [3.8, 4) is 44.5 Å². The van der Waals surface area contributed by atoms with Crippen molar-refractivity contribution < 1.29 is 0 Å². The third-order valence-electron chi connectivity index (χ3n) is 12.7. The van der Waals surface area contributed by atoms with E-state index in [1.165, 1.54) is 106 Å². The SMILES string of the molecule is Bc1ccc(N2c3cc4c(cc3Bc3c(-c5ccccc5Nc5ccc(S)cc5)cc(-c5c(C)cc(C)cc5C)cc32)-c2ccccc2C4(C)C)c(-c2ccccc2)c1. The fraction of sp³-hybridized carbons (Fsp3) is 0.111. The molecule has 8 aromatic carbocycles. The van der Waals surface area contributed by atoms with E-state index in [-0.39, 0.29) is 5.41 Å². The third-order valence-corrected chi connectivity index (χ3v) is 13.0. The van der Waals surface area contributed by atoms with Gasteiger partial charge in [0.1, 0.15) is 7.85 Å². The Morgan fingerprint density at radius 1 is 0.559 bits per heavy atom. The number of hydrogen-bond donors (Lipinski definition) is 2. The van der Waals surface area contributed by atoms with Gasteiger partial charge in [0, 0.05) is 44.2 Å². The molecule has 1 N–H and O–H groups in total. The molecule has 10 rings (SSSR count). The van der Waals surface area contributed by atoms with Gasteiger partial charge in [-0.15, -0.1) is 12.6 Å². The molecule has 59 heavy (non-hydrogen) atoms.